The standard InChI is InChI=1S/C15H15N3/c1-15(2,11-17)6-8-18-7-5-13-4-3-12(10-16)9-14(13)18/h3-5,7,9H,6,8H2,1-2H3. The van der Waals surface area contributed by atoms with Crippen LogP contribution in [0.2, 0.25) is 0 Å². The third-order valence-corrected chi connectivity index (χ3v) is 3.18. The van der Waals surface area contributed by atoms with Gasteiger partial charge in [0.15, 0.2) is 0 Å². The smallest absolute Gasteiger partial charge is 0.0992 e. The summed E-state index contributed by atoms with van der Waals surface area (Å²) in [5, 5.41) is 19.1. The maximum Gasteiger partial charge on any atom is 0.0992 e. The molecule has 3 nitrogen and oxygen atoms in total. The topological polar surface area (TPSA) is 52.5 Å². The summed E-state index contributed by atoms with van der Waals surface area (Å²) in [7, 11) is 0. The van der Waals surface area contributed by atoms with Crippen LogP contribution in [-0.2, 0) is 6.54 Å². The Balaban J connectivity index is 2.30. The molecule has 0 bridgehead atoms. The molecule has 0 fully saturated rings. The number of fused-ring (bicyclic) bond motifs is 1. The molecule has 18 heavy (non-hydrogen) atoms. The van der Waals surface area contributed by atoms with E-state index in [9.17, 15) is 0 Å². The molecular formula is C15H15N3. The first-order chi connectivity index (χ1) is 8.55. The van der Waals surface area contributed by atoms with Crippen molar-refractivity contribution in [1.82, 2.24) is 4.57 Å². The molecule has 1 aromatic carbocycles. The Morgan fingerprint density at radius 3 is 2.67 bits per heavy atom. The van der Waals surface area contributed by atoms with Gasteiger partial charge in [0.25, 0.3) is 0 Å². The Kier molecular flexibility index (Phi) is 3.08. The predicted molar refractivity (Wildman–Crippen MR) is 70.7 cm³/mol. The fraction of sp³-hybridized carbons (Fsp3) is 0.333. The van der Waals surface area contributed by atoms with Crippen molar-refractivity contribution in [2.45, 2.75) is 26.8 Å². The van der Waals surface area contributed by atoms with Crippen molar-refractivity contribution in [3.05, 3.63) is 36.0 Å². The first-order valence-corrected chi connectivity index (χ1v) is 5.96. The SMILES string of the molecule is CC(C)(C#N)CCn1ccc2ccc(C#N)cc21. The second-order valence-electron chi connectivity index (χ2n) is 5.14. The molecule has 0 aliphatic rings. The van der Waals surface area contributed by atoms with Gasteiger partial charge in [0.05, 0.1) is 23.1 Å². The molecule has 0 amide bonds. The first-order valence-electron chi connectivity index (χ1n) is 5.96. The Morgan fingerprint density at radius 1 is 1.22 bits per heavy atom. The Morgan fingerprint density at radius 2 is 2.00 bits per heavy atom. The molecule has 0 atom stereocenters. The Hall–Kier alpha value is -2.26. The number of nitrogens with zero attached hydrogens (tertiary/aromatic N) is 3. The summed E-state index contributed by atoms with van der Waals surface area (Å²) in [6.45, 7) is 4.68. The molecule has 0 aliphatic carbocycles. The summed E-state index contributed by atoms with van der Waals surface area (Å²) in [5.74, 6) is 0. The van der Waals surface area contributed by atoms with E-state index in [1.54, 1.807) is 0 Å². The van der Waals surface area contributed by atoms with Gasteiger partial charge in [0, 0.05) is 18.3 Å². The minimum atomic E-state index is -0.316. The van der Waals surface area contributed by atoms with Crippen LogP contribution in [0.15, 0.2) is 30.5 Å². The van der Waals surface area contributed by atoms with Crippen molar-refractivity contribution >= 4 is 10.9 Å². The molecule has 0 N–H and O–H groups in total. The zero-order valence-electron chi connectivity index (χ0n) is 10.6. The summed E-state index contributed by atoms with van der Waals surface area (Å²) >= 11 is 0. The van der Waals surface area contributed by atoms with Crippen LogP contribution in [0.1, 0.15) is 25.8 Å². The highest BCUT2D eigenvalue weighted by molar-refractivity contribution is 5.81. The van der Waals surface area contributed by atoms with E-state index >= 15 is 0 Å². The lowest BCUT2D eigenvalue weighted by Gasteiger charge is -2.15. The zero-order chi connectivity index (χ0) is 13.2. The summed E-state index contributed by atoms with van der Waals surface area (Å²) in [6, 6.07) is 12.2. The van der Waals surface area contributed by atoms with Crippen LogP contribution in [0.3, 0.4) is 0 Å². The largest absolute Gasteiger partial charge is 0.347 e. The molecule has 0 spiro atoms. The minimum absolute atomic E-state index is 0.316. The Bertz CT molecular complexity index is 650. The molecule has 0 saturated heterocycles. The molecule has 0 aliphatic heterocycles. The van der Waals surface area contributed by atoms with Gasteiger partial charge in [-0.15, -0.1) is 0 Å². The van der Waals surface area contributed by atoms with E-state index in [1.807, 2.05) is 44.3 Å². The molecule has 2 rings (SSSR count). The van der Waals surface area contributed by atoms with Crippen molar-refractivity contribution in [1.29, 1.82) is 10.5 Å². The number of hydrogen-bond acceptors (Lipinski definition) is 2. The first kappa shape index (κ1) is 12.2. The highest BCUT2D eigenvalue weighted by atomic mass is 14.9. The van der Waals surface area contributed by atoms with E-state index in [2.05, 4.69) is 16.7 Å². The van der Waals surface area contributed by atoms with Gasteiger partial charge in [-0.05, 0) is 43.9 Å². The molecular weight excluding hydrogens is 222 g/mol. The van der Waals surface area contributed by atoms with E-state index in [-0.39, 0.29) is 5.41 Å². The van der Waals surface area contributed by atoms with Crippen molar-refractivity contribution in [3.63, 3.8) is 0 Å². The van der Waals surface area contributed by atoms with Crippen LogP contribution in [-0.4, -0.2) is 4.57 Å². The number of aromatic nitrogens is 1. The highest BCUT2D eigenvalue weighted by Crippen LogP contribution is 2.23. The predicted octanol–water partition coefficient (Wildman–Crippen LogP) is 3.45. The van der Waals surface area contributed by atoms with Gasteiger partial charge in [-0.2, -0.15) is 10.5 Å². The third kappa shape index (κ3) is 2.36. The molecule has 3 heteroatoms. The van der Waals surface area contributed by atoms with Crippen molar-refractivity contribution < 1.29 is 0 Å². The summed E-state index contributed by atoms with van der Waals surface area (Å²) < 4.78 is 2.11. The van der Waals surface area contributed by atoms with Crippen LogP contribution in [0.5, 0.6) is 0 Å². The normalized spacial score (nSPS) is 11.1. The van der Waals surface area contributed by atoms with Crippen LogP contribution in [0.4, 0.5) is 0 Å². The van der Waals surface area contributed by atoms with Gasteiger partial charge in [0.1, 0.15) is 0 Å². The number of rotatable bonds is 3. The number of benzene rings is 1. The van der Waals surface area contributed by atoms with Gasteiger partial charge in [-0.3, -0.25) is 0 Å². The van der Waals surface area contributed by atoms with Gasteiger partial charge >= 0.3 is 0 Å². The van der Waals surface area contributed by atoms with E-state index in [0.717, 1.165) is 23.9 Å². The lowest BCUT2D eigenvalue weighted by Crippen LogP contribution is -2.11. The number of nitriles is 2. The monoisotopic (exact) mass is 237 g/mol. The van der Waals surface area contributed by atoms with Crippen molar-refractivity contribution in [2.24, 2.45) is 5.41 Å². The van der Waals surface area contributed by atoms with Crippen molar-refractivity contribution in [3.8, 4) is 12.1 Å². The molecule has 90 valence electrons. The second kappa shape index (κ2) is 4.55. The van der Waals surface area contributed by atoms with Crippen LogP contribution < -0.4 is 0 Å². The number of aryl methyl sites for hydroxylation is 1. The molecule has 0 radical (unpaired) electrons. The third-order valence-electron chi connectivity index (χ3n) is 3.18. The van der Waals surface area contributed by atoms with Crippen LogP contribution >= 0.6 is 0 Å². The second-order valence-corrected chi connectivity index (χ2v) is 5.14. The summed E-state index contributed by atoms with van der Waals surface area (Å²) in [5.41, 5.74) is 1.41. The maximum absolute atomic E-state index is 9.02. The lowest BCUT2D eigenvalue weighted by atomic mass is 9.91. The van der Waals surface area contributed by atoms with Gasteiger partial charge in [-0.25, -0.2) is 0 Å². The van der Waals surface area contributed by atoms with Gasteiger partial charge < -0.3 is 4.57 Å². The van der Waals surface area contributed by atoms with Crippen LogP contribution in [0.25, 0.3) is 10.9 Å². The Labute approximate surface area is 107 Å². The summed E-state index contributed by atoms with van der Waals surface area (Å²) in [4.78, 5) is 0. The zero-order valence-corrected chi connectivity index (χ0v) is 10.6. The van der Waals surface area contributed by atoms with E-state index in [4.69, 9.17) is 10.5 Å². The fourth-order valence-electron chi connectivity index (χ4n) is 1.90. The van der Waals surface area contributed by atoms with Crippen molar-refractivity contribution in [2.75, 3.05) is 0 Å². The average molecular weight is 237 g/mol. The highest BCUT2D eigenvalue weighted by Gasteiger charge is 2.16. The van der Waals surface area contributed by atoms with Gasteiger partial charge in [0.2, 0.25) is 0 Å². The number of hydrogen-bond donors (Lipinski definition) is 0. The van der Waals surface area contributed by atoms with E-state index in [0.29, 0.717) is 5.56 Å². The molecule has 2 aromatic rings. The lowest BCUT2D eigenvalue weighted by molar-refractivity contribution is 0.417. The van der Waals surface area contributed by atoms with Crippen LogP contribution in [0, 0.1) is 28.1 Å². The quantitative estimate of drug-likeness (QED) is 0.820. The maximum atomic E-state index is 9.02. The average Bonchev–Trinajstić information content (AvgIpc) is 2.78. The minimum Gasteiger partial charge on any atom is -0.347 e. The molecule has 1 aromatic heterocycles. The molecule has 0 unspecified atom stereocenters. The molecule has 1 heterocycles. The fourth-order valence-corrected chi connectivity index (χ4v) is 1.90. The van der Waals surface area contributed by atoms with Gasteiger partial charge in [-0.1, -0.05) is 6.07 Å². The summed E-state index contributed by atoms with van der Waals surface area (Å²) in [6.07, 6.45) is 2.81. The van der Waals surface area contributed by atoms with E-state index in [1.165, 1.54) is 0 Å². The molecule has 0 saturated carbocycles. The van der Waals surface area contributed by atoms with E-state index < -0.39 is 0 Å².